The minimum Gasteiger partial charge on any atom is -0.494 e. The van der Waals surface area contributed by atoms with E-state index in [0.29, 0.717) is 10.4 Å². The summed E-state index contributed by atoms with van der Waals surface area (Å²) in [7, 11) is 1.37. The van der Waals surface area contributed by atoms with Crippen LogP contribution in [0.1, 0.15) is 20.8 Å². The molecule has 0 saturated carbocycles. The molecule has 0 saturated heterocycles. The Morgan fingerprint density at radius 1 is 1.15 bits per heavy atom. The van der Waals surface area contributed by atoms with Crippen LogP contribution in [0, 0.1) is 12.7 Å². The van der Waals surface area contributed by atoms with E-state index in [2.05, 4.69) is 0 Å². The van der Waals surface area contributed by atoms with Crippen LogP contribution >= 0.6 is 11.3 Å². The average Bonchev–Trinajstić information content (AvgIpc) is 2.97. The summed E-state index contributed by atoms with van der Waals surface area (Å²) in [6.07, 6.45) is -0.112. The molecule has 0 fully saturated rings. The largest absolute Gasteiger partial charge is 0.494 e. The van der Waals surface area contributed by atoms with Crippen LogP contribution in [0.3, 0.4) is 0 Å². The van der Waals surface area contributed by atoms with Crippen molar-refractivity contribution < 1.29 is 23.5 Å². The number of rotatable bonds is 6. The van der Waals surface area contributed by atoms with E-state index in [-0.39, 0.29) is 24.6 Å². The molecule has 0 amide bonds. The maximum absolute atomic E-state index is 13.7. The molecule has 2 aromatic carbocycles. The Bertz CT molecular complexity index is 977. The summed E-state index contributed by atoms with van der Waals surface area (Å²) in [6, 6.07) is 12.0. The third-order valence-electron chi connectivity index (χ3n) is 4.03. The van der Waals surface area contributed by atoms with E-state index in [1.54, 1.807) is 6.07 Å². The highest BCUT2D eigenvalue weighted by molar-refractivity contribution is 7.21. The molecule has 134 valence electrons. The lowest BCUT2D eigenvalue weighted by molar-refractivity contribution is -0.141. The van der Waals surface area contributed by atoms with Gasteiger partial charge in [0, 0.05) is 4.70 Å². The van der Waals surface area contributed by atoms with Gasteiger partial charge in [-0.25, -0.2) is 4.39 Å². The first-order valence-electron chi connectivity index (χ1n) is 7.99. The van der Waals surface area contributed by atoms with Crippen molar-refractivity contribution in [2.75, 3.05) is 13.7 Å². The lowest BCUT2D eigenvalue weighted by Gasteiger charge is -2.06. The first kappa shape index (κ1) is 18.1. The van der Waals surface area contributed by atoms with Gasteiger partial charge in [0.15, 0.2) is 18.2 Å². The quantitative estimate of drug-likeness (QED) is 0.477. The Labute approximate surface area is 154 Å². The zero-order chi connectivity index (χ0) is 18.7. The third kappa shape index (κ3) is 3.75. The first-order valence-corrected chi connectivity index (χ1v) is 8.80. The van der Waals surface area contributed by atoms with E-state index in [0.717, 1.165) is 15.6 Å². The Kier molecular flexibility index (Phi) is 5.32. The molecular formula is C20H17FO4S. The van der Waals surface area contributed by atoms with Gasteiger partial charge in [-0.15, -0.1) is 11.3 Å². The number of thiophene rings is 1. The predicted molar refractivity (Wildman–Crippen MR) is 98.5 cm³/mol. The number of methoxy groups -OCH3 is 1. The lowest BCUT2D eigenvalue weighted by atomic mass is 10.1. The molecule has 3 aromatic rings. The van der Waals surface area contributed by atoms with Crippen LogP contribution in [-0.4, -0.2) is 25.5 Å². The van der Waals surface area contributed by atoms with Crippen molar-refractivity contribution in [3.8, 4) is 5.75 Å². The fourth-order valence-electron chi connectivity index (χ4n) is 2.69. The van der Waals surface area contributed by atoms with Gasteiger partial charge >= 0.3 is 5.97 Å². The zero-order valence-corrected chi connectivity index (χ0v) is 15.2. The summed E-state index contributed by atoms with van der Waals surface area (Å²) in [6.45, 7) is 1.55. The van der Waals surface area contributed by atoms with Crippen LogP contribution in [0.4, 0.5) is 4.39 Å². The Morgan fingerprint density at radius 3 is 2.62 bits per heavy atom. The van der Waals surface area contributed by atoms with Crippen molar-refractivity contribution in [1.29, 1.82) is 0 Å². The molecule has 0 unspecified atom stereocenters. The Balaban J connectivity index is 1.62. The number of halogens is 1. The van der Waals surface area contributed by atoms with Crippen LogP contribution in [0.25, 0.3) is 10.1 Å². The summed E-state index contributed by atoms with van der Waals surface area (Å²) >= 11 is 1.39. The molecule has 0 atom stereocenters. The van der Waals surface area contributed by atoms with E-state index in [1.807, 2.05) is 31.2 Å². The predicted octanol–water partition coefficient (Wildman–Crippen LogP) is 4.33. The van der Waals surface area contributed by atoms with Crippen LogP contribution in [-0.2, 0) is 16.0 Å². The van der Waals surface area contributed by atoms with E-state index in [1.165, 1.54) is 30.6 Å². The monoisotopic (exact) mass is 372 g/mol. The van der Waals surface area contributed by atoms with Gasteiger partial charge in [-0.1, -0.05) is 24.3 Å². The van der Waals surface area contributed by atoms with Gasteiger partial charge in [-0.2, -0.15) is 0 Å². The van der Waals surface area contributed by atoms with Gasteiger partial charge < -0.3 is 9.47 Å². The number of benzene rings is 2. The second-order valence-corrected chi connectivity index (χ2v) is 6.83. The Hall–Kier alpha value is -2.73. The number of carbonyl (C=O) groups is 2. The highest BCUT2D eigenvalue weighted by atomic mass is 32.1. The average molecular weight is 372 g/mol. The number of ketones is 1. The summed E-state index contributed by atoms with van der Waals surface area (Å²) in [4.78, 5) is 24.9. The smallest absolute Gasteiger partial charge is 0.310 e. The molecule has 26 heavy (non-hydrogen) atoms. The van der Waals surface area contributed by atoms with Crippen molar-refractivity contribution in [3.63, 3.8) is 0 Å². The molecule has 1 heterocycles. The topological polar surface area (TPSA) is 52.6 Å². The maximum Gasteiger partial charge on any atom is 0.310 e. The fraction of sp³-hybridized carbons (Fsp3) is 0.200. The summed E-state index contributed by atoms with van der Waals surface area (Å²) < 4.78 is 24.6. The summed E-state index contributed by atoms with van der Waals surface area (Å²) in [5.74, 6) is -1.26. The standard InChI is InChI=1S/C20H17FO4S/c1-12-14-5-3-4-6-18(14)26-20(12)16(22)11-25-19(23)10-13-7-8-17(24-2)15(21)9-13/h3-9H,10-11H2,1-2H3. The fourth-order valence-corrected chi connectivity index (χ4v) is 3.82. The highest BCUT2D eigenvalue weighted by Gasteiger charge is 2.17. The minimum atomic E-state index is -0.582. The molecule has 4 nitrogen and oxygen atoms in total. The van der Waals surface area contributed by atoms with Gasteiger partial charge in [-0.3, -0.25) is 9.59 Å². The van der Waals surface area contributed by atoms with E-state index in [4.69, 9.17) is 9.47 Å². The number of ether oxygens (including phenoxy) is 2. The molecule has 0 aliphatic heterocycles. The summed E-state index contributed by atoms with van der Waals surface area (Å²) in [5, 5.41) is 1.03. The third-order valence-corrected chi connectivity index (χ3v) is 5.34. The first-order chi connectivity index (χ1) is 12.5. The molecule has 0 aliphatic rings. The number of carbonyl (C=O) groups excluding carboxylic acids is 2. The van der Waals surface area contributed by atoms with Crippen LogP contribution in [0.2, 0.25) is 0 Å². The molecule has 6 heteroatoms. The number of esters is 1. The van der Waals surface area contributed by atoms with Crippen LogP contribution < -0.4 is 4.74 Å². The molecular weight excluding hydrogens is 355 g/mol. The molecule has 3 rings (SSSR count). The Morgan fingerprint density at radius 2 is 1.92 bits per heavy atom. The molecule has 0 N–H and O–H groups in total. The van der Waals surface area contributed by atoms with Crippen molar-refractivity contribution >= 4 is 33.2 Å². The second kappa shape index (κ2) is 7.66. The molecule has 0 radical (unpaired) electrons. The van der Waals surface area contributed by atoms with Crippen molar-refractivity contribution in [3.05, 3.63) is 64.3 Å². The SMILES string of the molecule is COc1ccc(CC(=O)OCC(=O)c2sc3ccccc3c2C)cc1F. The summed E-state index contributed by atoms with van der Waals surface area (Å²) in [5.41, 5.74) is 1.35. The van der Waals surface area contributed by atoms with Gasteiger partial charge in [-0.05, 0) is 41.6 Å². The van der Waals surface area contributed by atoms with Crippen LogP contribution in [0.5, 0.6) is 5.75 Å². The van der Waals surface area contributed by atoms with Crippen molar-refractivity contribution in [1.82, 2.24) is 0 Å². The number of hydrogen-bond donors (Lipinski definition) is 0. The van der Waals surface area contributed by atoms with E-state index in [9.17, 15) is 14.0 Å². The van der Waals surface area contributed by atoms with E-state index < -0.39 is 11.8 Å². The molecule has 1 aromatic heterocycles. The number of hydrogen-bond acceptors (Lipinski definition) is 5. The second-order valence-electron chi connectivity index (χ2n) is 5.78. The van der Waals surface area contributed by atoms with Gasteiger partial charge in [0.05, 0.1) is 18.4 Å². The zero-order valence-electron chi connectivity index (χ0n) is 14.4. The van der Waals surface area contributed by atoms with Crippen molar-refractivity contribution in [2.24, 2.45) is 0 Å². The molecule has 0 aliphatic carbocycles. The van der Waals surface area contributed by atoms with Gasteiger partial charge in [0.2, 0.25) is 5.78 Å². The number of Topliss-reactive ketones (excluding diaryl/α,β-unsaturated/α-hetero) is 1. The lowest BCUT2D eigenvalue weighted by Crippen LogP contribution is -2.15. The minimum absolute atomic E-state index is 0.109. The maximum atomic E-state index is 13.7. The highest BCUT2D eigenvalue weighted by Crippen LogP contribution is 2.30. The molecule has 0 spiro atoms. The number of fused-ring (bicyclic) bond motifs is 1. The van der Waals surface area contributed by atoms with Gasteiger partial charge in [0.25, 0.3) is 0 Å². The van der Waals surface area contributed by atoms with Gasteiger partial charge in [0.1, 0.15) is 0 Å². The molecule has 0 bridgehead atoms. The van der Waals surface area contributed by atoms with Crippen molar-refractivity contribution in [2.45, 2.75) is 13.3 Å². The van der Waals surface area contributed by atoms with Crippen LogP contribution in [0.15, 0.2) is 42.5 Å². The number of aryl methyl sites for hydroxylation is 1. The van der Waals surface area contributed by atoms with E-state index >= 15 is 0 Å². The normalized spacial score (nSPS) is 10.7.